The van der Waals surface area contributed by atoms with Crippen LogP contribution in [0.5, 0.6) is 0 Å². The van der Waals surface area contributed by atoms with Crippen molar-refractivity contribution in [2.24, 2.45) is 5.41 Å². The van der Waals surface area contributed by atoms with Crippen molar-refractivity contribution >= 4 is 17.4 Å². The number of rotatable bonds is 2. The maximum Gasteiger partial charge on any atom is 0.0387 e. The molecule has 1 N–H and O–H groups in total. The van der Waals surface area contributed by atoms with Crippen molar-refractivity contribution in [2.75, 3.05) is 24.2 Å². The molecule has 0 bridgehead atoms. The van der Waals surface area contributed by atoms with Gasteiger partial charge in [0.05, 0.1) is 0 Å². The van der Waals surface area contributed by atoms with Gasteiger partial charge in [-0.05, 0) is 42.9 Å². The van der Waals surface area contributed by atoms with E-state index >= 15 is 0 Å². The number of hydrogen-bond acceptors (Lipinski definition) is 3. The highest BCUT2D eigenvalue weighted by Gasteiger charge is 2.32. The molecule has 0 radical (unpaired) electrons. The second-order valence-electron chi connectivity index (χ2n) is 6.53. The van der Waals surface area contributed by atoms with E-state index in [2.05, 4.69) is 68.4 Å². The summed E-state index contributed by atoms with van der Waals surface area (Å²) in [6.07, 6.45) is 2.12. The lowest BCUT2D eigenvalue weighted by molar-refractivity contribution is 0.239. The lowest BCUT2D eigenvalue weighted by Crippen LogP contribution is -2.59. The van der Waals surface area contributed by atoms with Crippen LogP contribution in [0.1, 0.15) is 27.7 Å². The zero-order valence-electron chi connectivity index (χ0n) is 12.7. The Hall–Kier alpha value is -0.670. The Bertz CT molecular complexity index is 408. The van der Waals surface area contributed by atoms with Gasteiger partial charge in [0.2, 0.25) is 0 Å². The fraction of sp³-hybridized carbons (Fsp3) is 0.625. The average molecular weight is 278 g/mol. The van der Waals surface area contributed by atoms with E-state index in [-0.39, 0.29) is 0 Å². The molecule has 2 nitrogen and oxygen atoms in total. The summed E-state index contributed by atoms with van der Waals surface area (Å²) in [5.74, 6) is 0. The summed E-state index contributed by atoms with van der Waals surface area (Å²) in [6.45, 7) is 11.4. The van der Waals surface area contributed by atoms with Gasteiger partial charge in [0.15, 0.2) is 0 Å². The molecular formula is C16H26N2S. The third kappa shape index (κ3) is 3.46. The van der Waals surface area contributed by atoms with Gasteiger partial charge in [-0.25, -0.2) is 0 Å². The van der Waals surface area contributed by atoms with Crippen molar-refractivity contribution in [3.05, 3.63) is 24.3 Å². The number of hydrogen-bond donors (Lipinski definition) is 1. The minimum absolute atomic E-state index is 0.303. The minimum Gasteiger partial charge on any atom is -0.366 e. The molecule has 1 saturated heterocycles. The number of piperazine rings is 1. The Labute approximate surface area is 122 Å². The number of nitrogens with zero attached hydrogens (tertiary/aromatic N) is 1. The van der Waals surface area contributed by atoms with Gasteiger partial charge < -0.3 is 10.2 Å². The third-order valence-electron chi connectivity index (χ3n) is 4.02. The number of anilines is 1. The second-order valence-corrected chi connectivity index (χ2v) is 7.41. The first-order chi connectivity index (χ1) is 8.91. The first kappa shape index (κ1) is 14.7. The largest absolute Gasteiger partial charge is 0.366 e. The highest BCUT2D eigenvalue weighted by Crippen LogP contribution is 2.28. The van der Waals surface area contributed by atoms with Gasteiger partial charge in [0.25, 0.3) is 0 Å². The summed E-state index contributed by atoms with van der Waals surface area (Å²) < 4.78 is 0. The van der Waals surface area contributed by atoms with Gasteiger partial charge >= 0.3 is 0 Å². The molecule has 0 amide bonds. The number of benzene rings is 1. The summed E-state index contributed by atoms with van der Waals surface area (Å²) in [7, 11) is 0. The van der Waals surface area contributed by atoms with Crippen LogP contribution >= 0.6 is 11.8 Å². The van der Waals surface area contributed by atoms with Crippen molar-refractivity contribution in [2.45, 2.75) is 44.7 Å². The lowest BCUT2D eigenvalue weighted by atomic mass is 9.84. The smallest absolute Gasteiger partial charge is 0.0387 e. The third-order valence-corrected chi connectivity index (χ3v) is 4.76. The summed E-state index contributed by atoms with van der Waals surface area (Å²) >= 11 is 1.80. The molecule has 19 heavy (non-hydrogen) atoms. The predicted octanol–water partition coefficient (Wildman–Crippen LogP) is 3.62. The van der Waals surface area contributed by atoms with Crippen molar-refractivity contribution < 1.29 is 0 Å². The minimum atomic E-state index is 0.303. The van der Waals surface area contributed by atoms with E-state index in [1.165, 1.54) is 10.6 Å². The van der Waals surface area contributed by atoms with Crippen LogP contribution in [0.25, 0.3) is 0 Å². The first-order valence-electron chi connectivity index (χ1n) is 7.06. The summed E-state index contributed by atoms with van der Waals surface area (Å²) in [5, 5.41) is 3.69. The van der Waals surface area contributed by atoms with Crippen LogP contribution in [0.3, 0.4) is 0 Å². The van der Waals surface area contributed by atoms with Gasteiger partial charge in [-0.3, -0.25) is 0 Å². The zero-order chi connectivity index (χ0) is 14.0. The van der Waals surface area contributed by atoms with E-state index in [9.17, 15) is 0 Å². The maximum absolute atomic E-state index is 3.69. The maximum atomic E-state index is 3.69. The fourth-order valence-electron chi connectivity index (χ4n) is 2.58. The van der Waals surface area contributed by atoms with Gasteiger partial charge in [-0.1, -0.05) is 20.8 Å². The average Bonchev–Trinajstić information content (AvgIpc) is 2.38. The molecule has 0 aliphatic carbocycles. The van der Waals surface area contributed by atoms with Gasteiger partial charge in [0.1, 0.15) is 0 Å². The normalized spacial score (nSPS) is 24.6. The second kappa shape index (κ2) is 5.76. The molecule has 2 atom stereocenters. The van der Waals surface area contributed by atoms with E-state index in [0.29, 0.717) is 17.5 Å². The molecule has 2 unspecified atom stereocenters. The molecular weight excluding hydrogens is 252 g/mol. The van der Waals surface area contributed by atoms with Crippen LogP contribution in [-0.4, -0.2) is 31.4 Å². The molecule has 0 aromatic heterocycles. The fourth-order valence-corrected chi connectivity index (χ4v) is 2.99. The summed E-state index contributed by atoms with van der Waals surface area (Å²) in [4.78, 5) is 3.87. The molecule has 3 heteroatoms. The monoisotopic (exact) mass is 278 g/mol. The van der Waals surface area contributed by atoms with Crippen molar-refractivity contribution in [1.29, 1.82) is 0 Å². The number of nitrogens with one attached hydrogen (secondary N) is 1. The molecule has 1 aromatic rings. The SMILES string of the molecule is CSc1ccc(N2CC(C(C)(C)C)NCC2C)cc1. The Morgan fingerprint density at radius 1 is 1.21 bits per heavy atom. The zero-order valence-corrected chi connectivity index (χ0v) is 13.6. The van der Waals surface area contributed by atoms with Crippen molar-refractivity contribution in [1.82, 2.24) is 5.32 Å². The summed E-state index contributed by atoms with van der Waals surface area (Å²) in [5.41, 5.74) is 1.65. The Morgan fingerprint density at radius 3 is 2.37 bits per heavy atom. The van der Waals surface area contributed by atoms with Gasteiger partial charge in [0, 0.05) is 35.8 Å². The van der Waals surface area contributed by atoms with Crippen LogP contribution in [0.15, 0.2) is 29.2 Å². The lowest BCUT2D eigenvalue weighted by Gasteiger charge is -2.45. The van der Waals surface area contributed by atoms with E-state index in [1.807, 2.05) is 0 Å². The molecule has 0 saturated carbocycles. The van der Waals surface area contributed by atoms with Crippen molar-refractivity contribution in [3.63, 3.8) is 0 Å². The Morgan fingerprint density at radius 2 is 1.84 bits per heavy atom. The Balaban J connectivity index is 2.16. The van der Waals surface area contributed by atoms with E-state index < -0.39 is 0 Å². The van der Waals surface area contributed by atoms with Crippen LogP contribution in [-0.2, 0) is 0 Å². The number of thioether (sulfide) groups is 1. The Kier molecular flexibility index (Phi) is 4.46. The van der Waals surface area contributed by atoms with Crippen molar-refractivity contribution in [3.8, 4) is 0 Å². The summed E-state index contributed by atoms with van der Waals surface area (Å²) in [6, 6.07) is 10.1. The standard InChI is InChI=1S/C16H26N2S/c1-12-10-17-15(16(2,3)4)11-18(12)13-6-8-14(19-5)9-7-13/h6-9,12,15,17H,10-11H2,1-5H3. The van der Waals surface area contributed by atoms with Gasteiger partial charge in [-0.2, -0.15) is 0 Å². The molecule has 1 aliphatic heterocycles. The quantitative estimate of drug-likeness (QED) is 0.832. The van der Waals surface area contributed by atoms with Gasteiger partial charge in [-0.15, -0.1) is 11.8 Å². The molecule has 1 heterocycles. The highest BCUT2D eigenvalue weighted by atomic mass is 32.2. The molecule has 1 fully saturated rings. The predicted molar refractivity (Wildman–Crippen MR) is 86.3 cm³/mol. The molecule has 1 aromatic carbocycles. The van der Waals surface area contributed by atoms with E-state index in [0.717, 1.165) is 13.1 Å². The first-order valence-corrected chi connectivity index (χ1v) is 8.28. The topological polar surface area (TPSA) is 15.3 Å². The van der Waals surface area contributed by atoms with Crippen LogP contribution < -0.4 is 10.2 Å². The molecule has 0 spiro atoms. The van der Waals surface area contributed by atoms with Crippen LogP contribution in [0.4, 0.5) is 5.69 Å². The van der Waals surface area contributed by atoms with Crippen LogP contribution in [0, 0.1) is 5.41 Å². The molecule has 2 rings (SSSR count). The van der Waals surface area contributed by atoms with Crippen LogP contribution in [0.2, 0.25) is 0 Å². The van der Waals surface area contributed by atoms with E-state index in [1.54, 1.807) is 11.8 Å². The molecule has 1 aliphatic rings. The van der Waals surface area contributed by atoms with E-state index in [4.69, 9.17) is 0 Å². The highest BCUT2D eigenvalue weighted by molar-refractivity contribution is 7.98. The molecule has 106 valence electrons.